The van der Waals surface area contributed by atoms with E-state index in [1.54, 1.807) is 0 Å². The molecule has 1 aromatic rings. The number of nitro benzene ring substituents is 1. The standard InChI is InChI=1S/C15H21FN4O4/c16-10-8-12(14(18)13(9-10)20(22)23)15(21)19-5-2-11(3-6-19)24-7-1-4-17/h8-9,11H,1-7,17-18H2. The Morgan fingerprint density at radius 2 is 2.08 bits per heavy atom. The monoisotopic (exact) mass is 340 g/mol. The van der Waals surface area contributed by atoms with Crippen molar-refractivity contribution < 1.29 is 18.8 Å². The van der Waals surface area contributed by atoms with Gasteiger partial charge in [-0.05, 0) is 31.9 Å². The molecule has 1 aliphatic rings. The van der Waals surface area contributed by atoms with E-state index < -0.39 is 22.3 Å². The van der Waals surface area contributed by atoms with Crippen LogP contribution in [-0.2, 0) is 4.74 Å². The lowest BCUT2D eigenvalue weighted by Gasteiger charge is -2.32. The topological polar surface area (TPSA) is 125 Å². The van der Waals surface area contributed by atoms with Gasteiger partial charge in [0.2, 0.25) is 0 Å². The molecular weight excluding hydrogens is 319 g/mol. The van der Waals surface area contributed by atoms with E-state index in [9.17, 15) is 19.3 Å². The summed E-state index contributed by atoms with van der Waals surface area (Å²) in [5, 5.41) is 10.9. The summed E-state index contributed by atoms with van der Waals surface area (Å²) >= 11 is 0. The van der Waals surface area contributed by atoms with Crippen LogP contribution in [0.4, 0.5) is 15.8 Å². The first-order valence-electron chi connectivity index (χ1n) is 7.78. The van der Waals surface area contributed by atoms with Gasteiger partial charge in [0, 0.05) is 19.7 Å². The summed E-state index contributed by atoms with van der Waals surface area (Å²) in [5.74, 6) is -1.37. The molecule has 0 aromatic heterocycles. The Kier molecular flexibility index (Phi) is 6.04. The van der Waals surface area contributed by atoms with Crippen LogP contribution in [0.3, 0.4) is 0 Å². The van der Waals surface area contributed by atoms with Crippen molar-refractivity contribution >= 4 is 17.3 Å². The average Bonchev–Trinajstić information content (AvgIpc) is 2.56. The molecule has 1 aromatic carbocycles. The van der Waals surface area contributed by atoms with Crippen LogP contribution in [0.15, 0.2) is 12.1 Å². The first-order chi connectivity index (χ1) is 11.4. The molecule has 9 heteroatoms. The molecule has 0 aliphatic carbocycles. The highest BCUT2D eigenvalue weighted by Gasteiger charge is 2.28. The summed E-state index contributed by atoms with van der Waals surface area (Å²) in [4.78, 5) is 24.1. The summed E-state index contributed by atoms with van der Waals surface area (Å²) in [7, 11) is 0. The van der Waals surface area contributed by atoms with Gasteiger partial charge in [-0.1, -0.05) is 0 Å². The zero-order chi connectivity index (χ0) is 17.7. The SMILES string of the molecule is NCCCOC1CCN(C(=O)c2cc(F)cc([N+](=O)[O-])c2N)CC1. The van der Waals surface area contributed by atoms with Crippen molar-refractivity contribution in [1.82, 2.24) is 4.90 Å². The molecule has 0 radical (unpaired) electrons. The maximum Gasteiger partial charge on any atom is 0.295 e. The maximum absolute atomic E-state index is 13.6. The van der Waals surface area contributed by atoms with Crippen molar-refractivity contribution in [3.63, 3.8) is 0 Å². The predicted molar refractivity (Wildman–Crippen MR) is 86.0 cm³/mol. The van der Waals surface area contributed by atoms with Gasteiger partial charge in [0.25, 0.3) is 11.6 Å². The number of carbonyl (C=O) groups excluding carboxylic acids is 1. The Morgan fingerprint density at radius 3 is 2.67 bits per heavy atom. The number of anilines is 1. The zero-order valence-corrected chi connectivity index (χ0v) is 13.2. The smallest absolute Gasteiger partial charge is 0.295 e. The molecule has 0 saturated carbocycles. The average molecular weight is 340 g/mol. The van der Waals surface area contributed by atoms with Gasteiger partial charge in [-0.15, -0.1) is 0 Å². The van der Waals surface area contributed by atoms with Gasteiger partial charge in [0.1, 0.15) is 11.5 Å². The Morgan fingerprint density at radius 1 is 1.42 bits per heavy atom. The normalized spacial score (nSPS) is 15.5. The van der Waals surface area contributed by atoms with Crippen LogP contribution < -0.4 is 11.5 Å². The highest BCUT2D eigenvalue weighted by Crippen LogP contribution is 2.28. The minimum absolute atomic E-state index is 0.0554. The number of rotatable bonds is 6. The first kappa shape index (κ1) is 18.1. The Hall–Kier alpha value is -2.26. The van der Waals surface area contributed by atoms with Crippen molar-refractivity contribution in [1.29, 1.82) is 0 Å². The number of ether oxygens (including phenoxy) is 1. The molecule has 1 saturated heterocycles. The minimum Gasteiger partial charge on any atom is -0.393 e. The molecule has 1 heterocycles. The summed E-state index contributed by atoms with van der Waals surface area (Å²) in [5.41, 5.74) is 10.00. The number of halogens is 1. The fourth-order valence-electron chi connectivity index (χ4n) is 2.66. The van der Waals surface area contributed by atoms with E-state index in [0.29, 0.717) is 45.1 Å². The molecule has 132 valence electrons. The quantitative estimate of drug-likeness (QED) is 0.348. The highest BCUT2D eigenvalue weighted by molar-refractivity contribution is 6.01. The van der Waals surface area contributed by atoms with Gasteiger partial charge in [-0.3, -0.25) is 14.9 Å². The molecule has 8 nitrogen and oxygen atoms in total. The number of nitrogens with zero attached hydrogens (tertiary/aromatic N) is 2. The third-order valence-corrected chi connectivity index (χ3v) is 3.98. The fourth-order valence-corrected chi connectivity index (χ4v) is 2.66. The molecule has 1 amide bonds. The number of carbonyl (C=O) groups is 1. The van der Waals surface area contributed by atoms with Crippen LogP contribution in [0.2, 0.25) is 0 Å². The molecule has 0 spiro atoms. The van der Waals surface area contributed by atoms with E-state index >= 15 is 0 Å². The van der Waals surface area contributed by atoms with Gasteiger partial charge >= 0.3 is 0 Å². The third kappa shape index (κ3) is 4.18. The largest absolute Gasteiger partial charge is 0.393 e. The number of nitrogen functional groups attached to an aromatic ring is 1. The van der Waals surface area contributed by atoms with E-state index in [4.69, 9.17) is 16.2 Å². The zero-order valence-electron chi connectivity index (χ0n) is 13.2. The van der Waals surface area contributed by atoms with E-state index in [1.165, 1.54) is 4.90 Å². The second-order valence-corrected chi connectivity index (χ2v) is 5.65. The second kappa shape index (κ2) is 8.02. The molecule has 0 atom stereocenters. The fraction of sp³-hybridized carbons (Fsp3) is 0.533. The lowest BCUT2D eigenvalue weighted by atomic mass is 10.0. The van der Waals surface area contributed by atoms with Crippen molar-refractivity contribution in [2.45, 2.75) is 25.4 Å². The molecule has 0 unspecified atom stereocenters. The van der Waals surface area contributed by atoms with Gasteiger partial charge in [-0.2, -0.15) is 0 Å². The van der Waals surface area contributed by atoms with Crippen LogP contribution in [0.25, 0.3) is 0 Å². The summed E-state index contributed by atoms with van der Waals surface area (Å²) < 4.78 is 19.2. The van der Waals surface area contributed by atoms with E-state index in [2.05, 4.69) is 0 Å². The van der Waals surface area contributed by atoms with Crippen LogP contribution in [0, 0.1) is 15.9 Å². The van der Waals surface area contributed by atoms with Crippen molar-refractivity contribution in [3.8, 4) is 0 Å². The number of nitrogens with two attached hydrogens (primary N) is 2. The van der Waals surface area contributed by atoms with Gasteiger partial charge < -0.3 is 21.1 Å². The van der Waals surface area contributed by atoms with E-state index in [0.717, 1.165) is 12.5 Å². The lowest BCUT2D eigenvalue weighted by Crippen LogP contribution is -2.41. The summed E-state index contributed by atoms with van der Waals surface area (Å²) in [6, 6.07) is 1.65. The van der Waals surface area contributed by atoms with Crippen LogP contribution in [-0.4, -0.2) is 48.1 Å². The Labute approximate surface area is 138 Å². The molecule has 0 bridgehead atoms. The lowest BCUT2D eigenvalue weighted by molar-refractivity contribution is -0.384. The van der Waals surface area contributed by atoms with Crippen molar-refractivity contribution in [2.24, 2.45) is 5.73 Å². The highest BCUT2D eigenvalue weighted by atomic mass is 19.1. The van der Waals surface area contributed by atoms with Crippen molar-refractivity contribution in [2.75, 3.05) is 32.0 Å². The third-order valence-electron chi connectivity index (χ3n) is 3.98. The molecule has 1 aliphatic heterocycles. The minimum atomic E-state index is -0.862. The number of piperidine rings is 1. The first-order valence-corrected chi connectivity index (χ1v) is 7.78. The summed E-state index contributed by atoms with van der Waals surface area (Å²) in [6.45, 7) is 2.00. The molecule has 4 N–H and O–H groups in total. The Bertz CT molecular complexity index is 618. The predicted octanol–water partition coefficient (Wildman–Crippen LogP) is 1.29. The number of nitro groups is 1. The van der Waals surface area contributed by atoms with Gasteiger partial charge in [0.05, 0.1) is 22.7 Å². The molecule has 1 fully saturated rings. The number of benzene rings is 1. The number of likely N-dealkylation sites (tertiary alicyclic amines) is 1. The second-order valence-electron chi connectivity index (χ2n) is 5.65. The number of amides is 1. The maximum atomic E-state index is 13.6. The van der Waals surface area contributed by atoms with Gasteiger partial charge in [0.15, 0.2) is 0 Å². The Balaban J connectivity index is 2.04. The summed E-state index contributed by atoms with van der Waals surface area (Å²) in [6.07, 6.45) is 2.13. The number of hydrogen-bond donors (Lipinski definition) is 2. The molecular formula is C15H21FN4O4. The number of hydrogen-bond acceptors (Lipinski definition) is 6. The van der Waals surface area contributed by atoms with Crippen LogP contribution in [0.1, 0.15) is 29.6 Å². The van der Waals surface area contributed by atoms with Crippen LogP contribution >= 0.6 is 0 Å². The molecule has 2 rings (SSSR count). The molecule has 24 heavy (non-hydrogen) atoms. The van der Waals surface area contributed by atoms with Crippen LogP contribution in [0.5, 0.6) is 0 Å². The van der Waals surface area contributed by atoms with E-state index in [1.807, 2.05) is 0 Å². The van der Waals surface area contributed by atoms with Gasteiger partial charge in [-0.25, -0.2) is 4.39 Å². The van der Waals surface area contributed by atoms with E-state index in [-0.39, 0.29) is 17.4 Å². The van der Waals surface area contributed by atoms with Crippen molar-refractivity contribution in [3.05, 3.63) is 33.6 Å².